The number of rotatable bonds is 5. The number of amides is 2. The second-order valence-electron chi connectivity index (χ2n) is 7.38. The van der Waals surface area contributed by atoms with Crippen molar-refractivity contribution in [1.82, 2.24) is 10.2 Å². The zero-order valence-electron chi connectivity index (χ0n) is 16.8. The Kier molecular flexibility index (Phi) is 6.34. The van der Waals surface area contributed by atoms with Gasteiger partial charge in [-0.25, -0.2) is 4.79 Å². The van der Waals surface area contributed by atoms with Crippen molar-refractivity contribution in [2.45, 2.75) is 32.7 Å². The molecular formula is C23H28N2O3. The highest BCUT2D eigenvalue weighted by molar-refractivity contribution is 5.98. The SMILES string of the molecule is COc1ccc(C(=O)C2CCN(C(=O)NC(C)c3ccccc3C)CC2)cc1. The molecule has 0 bridgehead atoms. The van der Waals surface area contributed by atoms with E-state index in [-0.39, 0.29) is 23.8 Å². The van der Waals surface area contributed by atoms with Gasteiger partial charge in [0.2, 0.25) is 0 Å². The van der Waals surface area contributed by atoms with Crippen molar-refractivity contribution in [3.63, 3.8) is 0 Å². The van der Waals surface area contributed by atoms with E-state index in [4.69, 9.17) is 4.74 Å². The monoisotopic (exact) mass is 380 g/mol. The fraction of sp³-hybridized carbons (Fsp3) is 0.391. The van der Waals surface area contributed by atoms with Crippen molar-refractivity contribution in [3.8, 4) is 5.75 Å². The first-order valence-electron chi connectivity index (χ1n) is 9.79. The number of hydrogen-bond acceptors (Lipinski definition) is 3. The van der Waals surface area contributed by atoms with E-state index < -0.39 is 0 Å². The van der Waals surface area contributed by atoms with E-state index in [1.165, 1.54) is 5.56 Å². The molecule has 0 saturated carbocycles. The fourth-order valence-corrected chi connectivity index (χ4v) is 3.76. The number of likely N-dealkylation sites (tertiary alicyclic amines) is 1. The number of benzene rings is 2. The number of hydrogen-bond donors (Lipinski definition) is 1. The van der Waals surface area contributed by atoms with Crippen molar-refractivity contribution in [1.29, 1.82) is 0 Å². The van der Waals surface area contributed by atoms with Crippen LogP contribution >= 0.6 is 0 Å². The summed E-state index contributed by atoms with van der Waals surface area (Å²) in [7, 11) is 1.61. The molecule has 2 aromatic rings. The van der Waals surface area contributed by atoms with Crippen LogP contribution in [0, 0.1) is 12.8 Å². The minimum Gasteiger partial charge on any atom is -0.497 e. The molecule has 1 aliphatic heterocycles. The molecule has 1 saturated heterocycles. The first kappa shape index (κ1) is 19.9. The standard InChI is InChI=1S/C23H28N2O3/c1-16-6-4-5-7-21(16)17(2)24-23(27)25-14-12-19(13-15-25)22(26)18-8-10-20(28-3)11-9-18/h4-11,17,19H,12-15H2,1-3H3,(H,24,27). The van der Waals surface area contributed by atoms with Crippen LogP contribution in [0.4, 0.5) is 4.79 Å². The molecule has 1 atom stereocenters. The van der Waals surface area contributed by atoms with Gasteiger partial charge >= 0.3 is 6.03 Å². The van der Waals surface area contributed by atoms with Crippen LogP contribution < -0.4 is 10.1 Å². The number of ketones is 1. The Morgan fingerprint density at radius 3 is 2.32 bits per heavy atom. The van der Waals surface area contributed by atoms with Gasteiger partial charge in [0.05, 0.1) is 13.2 Å². The third-order valence-corrected chi connectivity index (χ3v) is 5.52. The predicted molar refractivity (Wildman–Crippen MR) is 110 cm³/mol. The van der Waals surface area contributed by atoms with Crippen molar-refractivity contribution >= 4 is 11.8 Å². The largest absolute Gasteiger partial charge is 0.497 e. The van der Waals surface area contributed by atoms with E-state index in [9.17, 15) is 9.59 Å². The number of carbonyl (C=O) groups is 2. The minimum absolute atomic E-state index is 0.0359. The molecule has 1 fully saturated rings. The summed E-state index contributed by atoms with van der Waals surface area (Å²) in [6, 6.07) is 15.2. The molecular weight excluding hydrogens is 352 g/mol. The van der Waals surface area contributed by atoms with Crippen molar-refractivity contribution in [2.75, 3.05) is 20.2 Å². The number of Topliss-reactive ketones (excluding diaryl/α,β-unsaturated/α-hetero) is 1. The molecule has 148 valence electrons. The Morgan fingerprint density at radius 1 is 1.07 bits per heavy atom. The molecule has 5 heteroatoms. The number of ether oxygens (including phenoxy) is 1. The molecule has 0 radical (unpaired) electrons. The number of aryl methyl sites for hydroxylation is 1. The molecule has 0 aliphatic carbocycles. The van der Waals surface area contributed by atoms with Gasteiger partial charge in [-0.15, -0.1) is 0 Å². The predicted octanol–water partition coefficient (Wildman–Crippen LogP) is 4.37. The maximum absolute atomic E-state index is 12.7. The summed E-state index contributed by atoms with van der Waals surface area (Å²) in [6.45, 7) is 5.24. The van der Waals surface area contributed by atoms with E-state index in [1.54, 1.807) is 7.11 Å². The zero-order chi connectivity index (χ0) is 20.1. The van der Waals surface area contributed by atoms with E-state index in [0.29, 0.717) is 31.5 Å². The summed E-state index contributed by atoms with van der Waals surface area (Å²) in [4.78, 5) is 27.2. The molecule has 1 aliphatic rings. The lowest BCUT2D eigenvalue weighted by atomic mass is 9.89. The summed E-state index contributed by atoms with van der Waals surface area (Å²) in [6.07, 6.45) is 1.38. The van der Waals surface area contributed by atoms with Crippen molar-refractivity contribution in [2.24, 2.45) is 5.92 Å². The fourth-order valence-electron chi connectivity index (χ4n) is 3.76. The summed E-state index contributed by atoms with van der Waals surface area (Å²) in [5.74, 6) is 0.855. The van der Waals surface area contributed by atoms with Crippen LogP contribution in [0.1, 0.15) is 47.3 Å². The van der Waals surface area contributed by atoms with E-state index in [0.717, 1.165) is 11.3 Å². The third kappa shape index (κ3) is 4.53. The Hall–Kier alpha value is -2.82. The average molecular weight is 380 g/mol. The molecule has 3 rings (SSSR count). The van der Waals surface area contributed by atoms with E-state index >= 15 is 0 Å². The maximum atomic E-state index is 12.7. The smallest absolute Gasteiger partial charge is 0.317 e. The second-order valence-corrected chi connectivity index (χ2v) is 7.38. The summed E-state index contributed by atoms with van der Waals surface area (Å²) < 4.78 is 5.14. The Morgan fingerprint density at radius 2 is 1.71 bits per heavy atom. The van der Waals surface area contributed by atoms with Gasteiger partial charge in [0.1, 0.15) is 5.75 Å². The molecule has 2 aromatic carbocycles. The van der Waals surface area contributed by atoms with Crippen LogP contribution in [-0.4, -0.2) is 36.9 Å². The quantitative estimate of drug-likeness (QED) is 0.784. The summed E-state index contributed by atoms with van der Waals surface area (Å²) >= 11 is 0. The topological polar surface area (TPSA) is 58.6 Å². The summed E-state index contributed by atoms with van der Waals surface area (Å²) in [5.41, 5.74) is 3.00. The van der Waals surface area contributed by atoms with Crippen LogP contribution in [0.5, 0.6) is 5.75 Å². The van der Waals surface area contributed by atoms with Gasteiger partial charge in [-0.3, -0.25) is 4.79 Å². The highest BCUT2D eigenvalue weighted by atomic mass is 16.5. The Labute approximate surface area is 166 Å². The Bertz CT molecular complexity index is 824. The molecule has 0 aromatic heterocycles. The lowest BCUT2D eigenvalue weighted by Gasteiger charge is -2.32. The normalized spacial score (nSPS) is 15.8. The lowest BCUT2D eigenvalue weighted by molar-refractivity contribution is 0.0853. The highest BCUT2D eigenvalue weighted by Gasteiger charge is 2.28. The zero-order valence-corrected chi connectivity index (χ0v) is 16.8. The number of urea groups is 1. The number of piperidine rings is 1. The van der Waals surface area contributed by atoms with Gasteiger partial charge in [-0.2, -0.15) is 0 Å². The van der Waals surface area contributed by atoms with Crippen molar-refractivity contribution < 1.29 is 14.3 Å². The van der Waals surface area contributed by atoms with Crippen LogP contribution in [-0.2, 0) is 0 Å². The third-order valence-electron chi connectivity index (χ3n) is 5.52. The van der Waals surface area contributed by atoms with E-state index in [1.807, 2.05) is 67.3 Å². The summed E-state index contributed by atoms with van der Waals surface area (Å²) in [5, 5.41) is 3.08. The molecule has 1 unspecified atom stereocenters. The Balaban J connectivity index is 1.53. The van der Waals surface area contributed by atoms with Crippen LogP contribution in [0.25, 0.3) is 0 Å². The highest BCUT2D eigenvalue weighted by Crippen LogP contribution is 2.24. The lowest BCUT2D eigenvalue weighted by Crippen LogP contribution is -2.46. The van der Waals surface area contributed by atoms with E-state index in [2.05, 4.69) is 5.32 Å². The van der Waals surface area contributed by atoms with Gasteiger partial charge in [0, 0.05) is 24.6 Å². The van der Waals surface area contributed by atoms with Gasteiger partial charge < -0.3 is 15.0 Å². The van der Waals surface area contributed by atoms with Crippen LogP contribution in [0.3, 0.4) is 0 Å². The minimum atomic E-state index is -0.0638. The molecule has 5 nitrogen and oxygen atoms in total. The number of methoxy groups -OCH3 is 1. The number of nitrogens with one attached hydrogen (secondary N) is 1. The van der Waals surface area contributed by atoms with Crippen LogP contribution in [0.15, 0.2) is 48.5 Å². The second kappa shape index (κ2) is 8.91. The average Bonchev–Trinajstić information content (AvgIpc) is 2.73. The first-order chi connectivity index (χ1) is 13.5. The van der Waals surface area contributed by atoms with Gasteiger partial charge in [-0.05, 0) is 62.1 Å². The molecule has 1 heterocycles. The molecule has 28 heavy (non-hydrogen) atoms. The number of carbonyl (C=O) groups excluding carboxylic acids is 2. The maximum Gasteiger partial charge on any atom is 0.317 e. The van der Waals surface area contributed by atoms with Gasteiger partial charge in [-0.1, -0.05) is 24.3 Å². The molecule has 0 spiro atoms. The molecule has 1 N–H and O–H groups in total. The number of nitrogens with zero attached hydrogens (tertiary/aromatic N) is 1. The van der Waals surface area contributed by atoms with Gasteiger partial charge in [0.25, 0.3) is 0 Å². The molecule has 2 amide bonds. The van der Waals surface area contributed by atoms with Gasteiger partial charge in [0.15, 0.2) is 5.78 Å². The van der Waals surface area contributed by atoms with Crippen molar-refractivity contribution in [3.05, 3.63) is 65.2 Å². The first-order valence-corrected chi connectivity index (χ1v) is 9.79. The van der Waals surface area contributed by atoms with Crippen LogP contribution in [0.2, 0.25) is 0 Å².